The van der Waals surface area contributed by atoms with Crippen LogP contribution in [-0.2, 0) is 23.9 Å². The van der Waals surface area contributed by atoms with Crippen LogP contribution in [0, 0.1) is 39.0 Å². The molecule has 4 amide bonds. The maximum atomic E-state index is 14.4. The third-order valence-corrected chi connectivity index (χ3v) is 17.1. The summed E-state index contributed by atoms with van der Waals surface area (Å²) < 4.78 is 13.0. The van der Waals surface area contributed by atoms with Crippen molar-refractivity contribution in [2.45, 2.75) is 105 Å². The Balaban J connectivity index is 0.774. The van der Waals surface area contributed by atoms with E-state index in [2.05, 4.69) is 49.9 Å². The van der Waals surface area contributed by atoms with Crippen LogP contribution in [0.25, 0.3) is 26.4 Å². The van der Waals surface area contributed by atoms with Gasteiger partial charge in [-0.05, 0) is 99.5 Å². The number of likely N-dealkylation sites (tertiary alicyclic amines) is 1. The van der Waals surface area contributed by atoms with Gasteiger partial charge in [-0.25, -0.2) is 4.98 Å². The van der Waals surface area contributed by atoms with Crippen LogP contribution in [0.4, 0.5) is 11.4 Å². The van der Waals surface area contributed by atoms with Crippen LogP contribution in [0.3, 0.4) is 0 Å². The van der Waals surface area contributed by atoms with Gasteiger partial charge in [0.1, 0.15) is 34.5 Å². The van der Waals surface area contributed by atoms with Crippen molar-refractivity contribution >= 4 is 80.3 Å². The molecule has 77 heavy (non-hydrogen) atoms. The number of thiophene rings is 1. The van der Waals surface area contributed by atoms with Crippen molar-refractivity contribution in [3.8, 4) is 15.4 Å². The Labute approximate surface area is 454 Å². The van der Waals surface area contributed by atoms with Crippen molar-refractivity contribution in [2.24, 2.45) is 16.3 Å². The Kier molecular flexibility index (Phi) is 14.5. The van der Waals surface area contributed by atoms with E-state index < -0.39 is 53.3 Å². The standard InChI is InChI=1S/C57H62N10O8S2/c1-29-32(4)77-56-47(29)48(61-42(25-46(69)74-9)51-64-63-33(5)67(51)56)35-14-17-40(18-15-35)65-21-20-37(26-65)52(70)60-39-16-19-44-38(22-39)23-45(75-44)54(72)62-50(57(6,7)8)55(73)66-27-41(68)24-43(66)53(71)59-30(2)34-10-12-36(13-11-34)49-31(3)58-28-76-49/h10-19,22-23,28,30,37,41-43,50,68H,20-21,24-27H2,1-9H3,(H,59,71)(H,60,70)(H,62,72)/t30-,37-,41+,42-,43-,50?/m0/s1. The van der Waals surface area contributed by atoms with Gasteiger partial charge in [0.05, 0.1) is 53.4 Å². The number of ether oxygens (including phenoxy) is 1. The number of nitrogens with one attached hydrogen (secondary N) is 3. The van der Waals surface area contributed by atoms with Gasteiger partial charge in [0.25, 0.3) is 5.91 Å². The van der Waals surface area contributed by atoms with Crippen LogP contribution in [0.5, 0.6) is 0 Å². The van der Waals surface area contributed by atoms with Gasteiger partial charge < -0.3 is 40.0 Å². The average molecular weight is 1080 g/mol. The number of carbonyl (C=O) groups is 5. The number of thiazole rings is 1. The van der Waals surface area contributed by atoms with Crippen LogP contribution in [0.1, 0.15) is 114 Å². The third kappa shape index (κ3) is 10.5. The van der Waals surface area contributed by atoms with E-state index in [9.17, 15) is 29.1 Å². The lowest BCUT2D eigenvalue weighted by Gasteiger charge is -2.35. The smallest absolute Gasteiger partial charge is 0.308 e. The lowest BCUT2D eigenvalue weighted by Crippen LogP contribution is -2.57. The molecule has 7 aromatic rings. The largest absolute Gasteiger partial charge is 0.469 e. The first-order valence-corrected chi connectivity index (χ1v) is 27.4. The number of anilines is 2. The first kappa shape index (κ1) is 52.9. The number of β-amino-alcohol motifs (C(OH)–C–C–N with tert-alkyl or cyclic N) is 1. The second kappa shape index (κ2) is 21.1. The maximum Gasteiger partial charge on any atom is 0.308 e. The summed E-state index contributed by atoms with van der Waals surface area (Å²) in [4.78, 5) is 83.9. The minimum Gasteiger partial charge on any atom is -0.469 e. The number of aliphatic imine (C=N–C) groups is 1. The number of nitrogens with zero attached hydrogens (tertiary/aromatic N) is 7. The van der Waals surface area contributed by atoms with Crippen LogP contribution in [-0.4, -0.2) is 110 Å². The number of hydrogen-bond donors (Lipinski definition) is 4. The van der Waals surface area contributed by atoms with Crippen molar-refractivity contribution < 1.29 is 38.2 Å². The van der Waals surface area contributed by atoms with Crippen molar-refractivity contribution in [1.29, 1.82) is 0 Å². The average Bonchev–Trinajstić information content (AvgIpc) is 4.32. The zero-order chi connectivity index (χ0) is 54.6. The summed E-state index contributed by atoms with van der Waals surface area (Å²) in [7, 11) is 1.36. The zero-order valence-electron chi connectivity index (χ0n) is 44.5. The molecule has 20 heteroatoms. The zero-order valence-corrected chi connectivity index (χ0v) is 46.1. The molecule has 3 aromatic carbocycles. The molecule has 3 aliphatic heterocycles. The number of aliphatic hydroxyl groups is 1. The maximum absolute atomic E-state index is 14.4. The van der Waals surface area contributed by atoms with Gasteiger partial charge in [0.2, 0.25) is 17.7 Å². The van der Waals surface area contributed by atoms with Crippen LogP contribution in [0.2, 0.25) is 0 Å². The summed E-state index contributed by atoms with van der Waals surface area (Å²) in [6.07, 6.45) is -0.218. The molecule has 4 N–H and O–H groups in total. The Hall–Kier alpha value is -7.55. The molecule has 1 unspecified atom stereocenters. The van der Waals surface area contributed by atoms with E-state index in [0.29, 0.717) is 47.8 Å². The second-order valence-electron chi connectivity index (χ2n) is 21.3. The molecular formula is C57H62N10O8S2. The first-order chi connectivity index (χ1) is 36.8. The number of aromatic nitrogens is 4. The monoisotopic (exact) mass is 1080 g/mol. The van der Waals surface area contributed by atoms with E-state index >= 15 is 0 Å². The first-order valence-electron chi connectivity index (χ1n) is 25.7. The van der Waals surface area contributed by atoms with Crippen molar-refractivity contribution in [3.05, 3.63) is 129 Å². The normalized spacial score (nSPS) is 19.0. The number of amides is 4. The van der Waals surface area contributed by atoms with Crippen LogP contribution < -0.4 is 20.9 Å². The van der Waals surface area contributed by atoms with E-state index in [1.165, 1.54) is 12.0 Å². The topological polar surface area (TPSA) is 226 Å². The predicted octanol–water partition coefficient (Wildman–Crippen LogP) is 8.34. The van der Waals surface area contributed by atoms with Gasteiger partial charge in [0.15, 0.2) is 11.6 Å². The van der Waals surface area contributed by atoms with Crippen LogP contribution in [0.15, 0.2) is 87.7 Å². The molecular weight excluding hydrogens is 1020 g/mol. The molecule has 6 atom stereocenters. The Morgan fingerprint density at radius 1 is 0.909 bits per heavy atom. The van der Waals surface area contributed by atoms with Crippen LogP contribution >= 0.6 is 22.7 Å². The third-order valence-electron chi connectivity index (χ3n) is 14.9. The Morgan fingerprint density at radius 2 is 1.65 bits per heavy atom. The lowest BCUT2D eigenvalue weighted by atomic mass is 9.85. The Bertz CT molecular complexity index is 3460. The van der Waals surface area contributed by atoms with Gasteiger partial charge >= 0.3 is 5.97 Å². The molecule has 0 radical (unpaired) electrons. The fraction of sp³-hybridized carbons (Fsp3) is 0.386. The summed E-state index contributed by atoms with van der Waals surface area (Å²) in [6.45, 7) is 16.5. The fourth-order valence-corrected chi connectivity index (χ4v) is 12.5. The molecule has 0 aliphatic carbocycles. The number of esters is 1. The molecule has 7 heterocycles. The number of aryl methyl sites for hydroxylation is 3. The number of furan rings is 1. The summed E-state index contributed by atoms with van der Waals surface area (Å²) in [5, 5.41) is 30.1. The van der Waals surface area contributed by atoms with E-state index in [1.807, 2.05) is 100 Å². The van der Waals surface area contributed by atoms with E-state index in [-0.39, 0.29) is 43.0 Å². The van der Waals surface area contributed by atoms with E-state index in [4.69, 9.17) is 14.1 Å². The SMILES string of the molecule is COC(=O)C[C@@H]1N=C(c2ccc(N3CC[C@H](C(=O)Nc4ccc5oc(C(=O)NC(C(=O)N6C[C@H](O)C[C@H]6C(=O)N[C@@H](C)c6ccc(-c7scnc7C)cc6)C(C)(C)C)cc5c4)C3)cc2)c2c(sc(C)c2C)-n2c(C)nnc21. The molecule has 3 aliphatic rings. The number of benzene rings is 3. The number of rotatable bonds is 13. The lowest BCUT2D eigenvalue weighted by molar-refractivity contribution is -0.142. The van der Waals surface area contributed by atoms with Crippen molar-refractivity contribution in [1.82, 2.24) is 35.3 Å². The molecule has 0 spiro atoms. The Morgan fingerprint density at radius 3 is 2.35 bits per heavy atom. The summed E-state index contributed by atoms with van der Waals surface area (Å²) in [6, 6.07) is 19.8. The van der Waals surface area contributed by atoms with Gasteiger partial charge in [-0.2, -0.15) is 0 Å². The van der Waals surface area contributed by atoms with Gasteiger partial charge in [-0.1, -0.05) is 57.2 Å². The summed E-state index contributed by atoms with van der Waals surface area (Å²) in [5.41, 5.74) is 9.52. The molecule has 4 aromatic heterocycles. The van der Waals surface area contributed by atoms with E-state index in [0.717, 1.165) is 59.7 Å². The second-order valence-corrected chi connectivity index (χ2v) is 23.4. The number of methoxy groups -OCH3 is 1. The molecule has 400 valence electrons. The molecule has 0 bridgehead atoms. The highest BCUT2D eigenvalue weighted by Crippen LogP contribution is 2.40. The van der Waals surface area contributed by atoms with E-state index in [1.54, 1.807) is 46.9 Å². The molecule has 2 fully saturated rings. The predicted molar refractivity (Wildman–Crippen MR) is 296 cm³/mol. The molecule has 10 rings (SSSR count). The van der Waals surface area contributed by atoms with Gasteiger partial charge in [-0.3, -0.25) is 33.5 Å². The fourth-order valence-electron chi connectivity index (χ4n) is 10.5. The summed E-state index contributed by atoms with van der Waals surface area (Å²) in [5.74, 6) is -1.08. The number of aliphatic hydroxyl groups excluding tert-OH is 1. The summed E-state index contributed by atoms with van der Waals surface area (Å²) >= 11 is 3.21. The quantitative estimate of drug-likeness (QED) is 0.0800. The number of fused-ring (bicyclic) bond motifs is 4. The van der Waals surface area contributed by atoms with Crippen molar-refractivity contribution in [2.75, 3.05) is 37.0 Å². The number of hydrogen-bond acceptors (Lipinski definition) is 15. The molecule has 2 saturated heterocycles. The highest BCUT2D eigenvalue weighted by atomic mass is 32.1. The van der Waals surface area contributed by atoms with Gasteiger partial charge in [-0.15, -0.1) is 32.9 Å². The molecule has 18 nitrogen and oxygen atoms in total. The highest BCUT2D eigenvalue weighted by molar-refractivity contribution is 7.15. The van der Waals surface area contributed by atoms with Crippen molar-refractivity contribution in [3.63, 3.8) is 0 Å². The number of carbonyl (C=O) groups excluding carboxylic acids is 5. The minimum atomic E-state index is -1.08. The van der Waals surface area contributed by atoms with Gasteiger partial charge in [0, 0.05) is 58.8 Å². The highest BCUT2D eigenvalue weighted by Gasteiger charge is 2.45. The minimum absolute atomic E-state index is 0.0147. The molecule has 0 saturated carbocycles.